The van der Waals surface area contributed by atoms with Crippen LogP contribution >= 0.6 is 39.1 Å². The molecule has 0 aliphatic heterocycles. The molecule has 0 fully saturated rings. The van der Waals surface area contributed by atoms with E-state index in [1.807, 2.05) is 0 Å². The third-order valence-corrected chi connectivity index (χ3v) is 4.17. The average Bonchev–Trinajstić information content (AvgIpc) is 2.48. The number of benzene rings is 2. The molecule has 0 spiro atoms. The molecule has 0 heterocycles. The highest BCUT2D eigenvalue weighted by molar-refractivity contribution is 9.10. The number of halogens is 3. The lowest BCUT2D eigenvalue weighted by atomic mass is 10.1. The number of hydrogen-bond donors (Lipinski definition) is 1. The predicted octanol–water partition coefficient (Wildman–Crippen LogP) is 4.71. The number of carbonyl (C=O) groups excluding carboxylic acids is 2. The van der Waals surface area contributed by atoms with Crippen LogP contribution in [0.15, 0.2) is 40.9 Å². The highest BCUT2D eigenvalue weighted by atomic mass is 79.9. The van der Waals surface area contributed by atoms with Gasteiger partial charge in [-0.05, 0) is 36.4 Å². The molecule has 0 aliphatic carbocycles. The van der Waals surface area contributed by atoms with Crippen molar-refractivity contribution in [2.24, 2.45) is 0 Å². The van der Waals surface area contributed by atoms with E-state index in [4.69, 9.17) is 23.2 Å². The number of nitrogens with zero attached hydrogens (tertiary/aromatic N) is 1. The molecule has 0 aliphatic rings. The van der Waals surface area contributed by atoms with Crippen molar-refractivity contribution < 1.29 is 9.59 Å². The molecule has 2 amide bonds. The minimum Gasteiger partial charge on any atom is -0.345 e. The first-order valence-electron chi connectivity index (χ1n) is 6.57. The van der Waals surface area contributed by atoms with E-state index in [0.717, 1.165) is 4.47 Å². The van der Waals surface area contributed by atoms with Crippen LogP contribution in [0.4, 0.5) is 5.69 Å². The fraction of sp³-hybridized carbons (Fsp3) is 0.125. The standard InChI is InChI=1S/C16H13BrCl2N2O2/c1-21(2)16(23)12-8-10(4-6-13(12)18)20-15(22)11-5-3-9(17)7-14(11)19/h3-8H,1-2H3,(H,20,22). The van der Waals surface area contributed by atoms with Crippen LogP contribution < -0.4 is 5.32 Å². The summed E-state index contributed by atoms with van der Waals surface area (Å²) in [5.41, 5.74) is 1.12. The molecule has 0 aromatic heterocycles. The summed E-state index contributed by atoms with van der Waals surface area (Å²) in [5, 5.41) is 3.36. The van der Waals surface area contributed by atoms with Crippen LogP contribution in [0, 0.1) is 0 Å². The highest BCUT2D eigenvalue weighted by Gasteiger charge is 2.15. The molecule has 2 aromatic carbocycles. The Hall–Kier alpha value is -1.56. The van der Waals surface area contributed by atoms with Crippen LogP contribution in [0.1, 0.15) is 20.7 Å². The van der Waals surface area contributed by atoms with Crippen molar-refractivity contribution in [2.45, 2.75) is 0 Å². The fourth-order valence-electron chi connectivity index (χ4n) is 1.88. The number of carbonyl (C=O) groups is 2. The van der Waals surface area contributed by atoms with Gasteiger partial charge in [0, 0.05) is 24.3 Å². The van der Waals surface area contributed by atoms with Gasteiger partial charge in [-0.1, -0.05) is 39.1 Å². The highest BCUT2D eigenvalue weighted by Crippen LogP contribution is 2.25. The van der Waals surface area contributed by atoms with Gasteiger partial charge in [0.05, 0.1) is 21.2 Å². The Morgan fingerprint density at radius 2 is 1.70 bits per heavy atom. The van der Waals surface area contributed by atoms with Gasteiger partial charge in [-0.25, -0.2) is 0 Å². The smallest absolute Gasteiger partial charge is 0.257 e. The molecular formula is C16H13BrCl2N2O2. The Balaban J connectivity index is 2.28. The second-order valence-corrected chi connectivity index (χ2v) is 6.70. The third kappa shape index (κ3) is 4.25. The van der Waals surface area contributed by atoms with Gasteiger partial charge >= 0.3 is 0 Å². The van der Waals surface area contributed by atoms with Crippen LogP contribution in [-0.2, 0) is 0 Å². The van der Waals surface area contributed by atoms with Crippen molar-refractivity contribution in [3.8, 4) is 0 Å². The summed E-state index contributed by atoms with van der Waals surface area (Å²) in [7, 11) is 3.26. The van der Waals surface area contributed by atoms with Crippen LogP contribution in [0.5, 0.6) is 0 Å². The van der Waals surface area contributed by atoms with Gasteiger partial charge in [0.25, 0.3) is 11.8 Å². The van der Waals surface area contributed by atoms with Gasteiger partial charge in [0.15, 0.2) is 0 Å². The topological polar surface area (TPSA) is 49.4 Å². The molecule has 120 valence electrons. The van der Waals surface area contributed by atoms with Crippen LogP contribution in [0.2, 0.25) is 10.0 Å². The molecule has 7 heteroatoms. The van der Waals surface area contributed by atoms with E-state index < -0.39 is 0 Å². The molecule has 0 saturated heterocycles. The second kappa shape index (κ2) is 7.34. The number of hydrogen-bond acceptors (Lipinski definition) is 2. The molecule has 0 saturated carbocycles. The predicted molar refractivity (Wildman–Crippen MR) is 96.6 cm³/mol. The summed E-state index contributed by atoms with van der Waals surface area (Å²) >= 11 is 15.4. The fourth-order valence-corrected chi connectivity index (χ4v) is 2.84. The Kier molecular flexibility index (Phi) is 5.68. The van der Waals surface area contributed by atoms with Crippen molar-refractivity contribution in [1.82, 2.24) is 4.90 Å². The van der Waals surface area contributed by atoms with Crippen molar-refractivity contribution >= 4 is 56.6 Å². The van der Waals surface area contributed by atoms with E-state index >= 15 is 0 Å². The van der Waals surface area contributed by atoms with E-state index in [1.54, 1.807) is 44.4 Å². The van der Waals surface area contributed by atoms with E-state index in [0.29, 0.717) is 26.9 Å². The van der Waals surface area contributed by atoms with Crippen molar-refractivity contribution in [3.05, 3.63) is 62.0 Å². The van der Waals surface area contributed by atoms with Gasteiger partial charge in [-0.3, -0.25) is 9.59 Å². The van der Waals surface area contributed by atoms with E-state index in [2.05, 4.69) is 21.2 Å². The Morgan fingerprint density at radius 3 is 2.30 bits per heavy atom. The molecular weight excluding hydrogens is 403 g/mol. The summed E-state index contributed by atoms with van der Waals surface area (Å²) in [6.45, 7) is 0. The van der Waals surface area contributed by atoms with Crippen LogP contribution in [0.3, 0.4) is 0 Å². The van der Waals surface area contributed by atoms with E-state index in [1.165, 1.54) is 11.0 Å². The SMILES string of the molecule is CN(C)C(=O)c1cc(NC(=O)c2ccc(Br)cc2Cl)ccc1Cl. The maximum atomic E-state index is 12.3. The van der Waals surface area contributed by atoms with Crippen molar-refractivity contribution in [3.63, 3.8) is 0 Å². The zero-order valence-corrected chi connectivity index (χ0v) is 15.5. The van der Waals surface area contributed by atoms with Crippen molar-refractivity contribution in [2.75, 3.05) is 19.4 Å². The average molecular weight is 416 g/mol. The molecule has 4 nitrogen and oxygen atoms in total. The zero-order valence-electron chi connectivity index (χ0n) is 12.4. The van der Waals surface area contributed by atoms with Crippen molar-refractivity contribution in [1.29, 1.82) is 0 Å². The Morgan fingerprint density at radius 1 is 1.00 bits per heavy atom. The monoisotopic (exact) mass is 414 g/mol. The molecule has 0 atom stereocenters. The second-order valence-electron chi connectivity index (χ2n) is 4.97. The van der Waals surface area contributed by atoms with E-state index in [-0.39, 0.29) is 11.8 Å². The molecule has 0 bridgehead atoms. The first-order chi connectivity index (χ1) is 10.8. The van der Waals surface area contributed by atoms with Gasteiger partial charge in [0.2, 0.25) is 0 Å². The normalized spacial score (nSPS) is 10.3. The quantitative estimate of drug-likeness (QED) is 0.788. The Labute approximate surface area is 152 Å². The molecule has 0 unspecified atom stereocenters. The first kappa shape index (κ1) is 17.8. The van der Waals surface area contributed by atoms with Gasteiger partial charge in [-0.2, -0.15) is 0 Å². The van der Waals surface area contributed by atoms with Crippen LogP contribution in [-0.4, -0.2) is 30.8 Å². The first-order valence-corrected chi connectivity index (χ1v) is 8.12. The number of nitrogens with one attached hydrogen (secondary N) is 1. The summed E-state index contributed by atoms with van der Waals surface area (Å²) in [4.78, 5) is 25.8. The summed E-state index contributed by atoms with van der Waals surface area (Å²) in [6.07, 6.45) is 0. The minimum atomic E-state index is -0.368. The molecule has 1 N–H and O–H groups in total. The largest absolute Gasteiger partial charge is 0.345 e. The minimum absolute atomic E-state index is 0.243. The maximum absolute atomic E-state index is 12.3. The number of amides is 2. The van der Waals surface area contributed by atoms with Gasteiger partial charge < -0.3 is 10.2 Å². The molecule has 0 radical (unpaired) electrons. The lowest BCUT2D eigenvalue weighted by molar-refractivity contribution is 0.0827. The number of anilines is 1. The van der Waals surface area contributed by atoms with E-state index in [9.17, 15) is 9.59 Å². The maximum Gasteiger partial charge on any atom is 0.257 e. The molecule has 2 aromatic rings. The Bertz CT molecular complexity index is 779. The molecule has 23 heavy (non-hydrogen) atoms. The van der Waals surface area contributed by atoms with Gasteiger partial charge in [-0.15, -0.1) is 0 Å². The van der Waals surface area contributed by atoms with Crippen LogP contribution in [0.25, 0.3) is 0 Å². The lowest BCUT2D eigenvalue weighted by Crippen LogP contribution is -2.22. The third-order valence-electron chi connectivity index (χ3n) is 3.04. The summed E-state index contributed by atoms with van der Waals surface area (Å²) < 4.78 is 0.782. The molecule has 2 rings (SSSR count). The van der Waals surface area contributed by atoms with Gasteiger partial charge in [0.1, 0.15) is 0 Å². The summed E-state index contributed by atoms with van der Waals surface area (Å²) in [6, 6.07) is 9.71. The zero-order chi connectivity index (χ0) is 17.1. The lowest BCUT2D eigenvalue weighted by Gasteiger charge is -2.13. The number of rotatable bonds is 3. The summed E-state index contributed by atoms with van der Waals surface area (Å²) in [5.74, 6) is -0.610.